The van der Waals surface area contributed by atoms with Crippen LogP contribution in [0.25, 0.3) is 33.6 Å². The maximum Gasteiger partial charge on any atom is 0.255 e. The number of rotatable bonds is 3. The van der Waals surface area contributed by atoms with E-state index in [9.17, 15) is 14.0 Å². The Kier molecular flexibility index (Phi) is 7.89. The lowest BCUT2D eigenvalue weighted by Crippen LogP contribution is -2.51. The van der Waals surface area contributed by atoms with Gasteiger partial charge in [-0.2, -0.15) is 0 Å². The molecule has 5 heterocycles. The number of hydrogen-bond acceptors (Lipinski definition) is 6. The number of carbonyl (C=O) groups is 2. The highest BCUT2D eigenvalue weighted by molar-refractivity contribution is 6.00. The third-order valence-corrected chi connectivity index (χ3v) is 11.0. The van der Waals surface area contributed by atoms with E-state index in [1.54, 1.807) is 13.2 Å². The number of likely N-dealkylation sites (tertiary alicyclic amines) is 1. The smallest absolute Gasteiger partial charge is 0.255 e. The third kappa shape index (κ3) is 5.35. The second-order valence-corrected chi connectivity index (χ2v) is 14.0. The van der Waals surface area contributed by atoms with Crippen molar-refractivity contribution < 1.29 is 18.7 Å². The van der Waals surface area contributed by atoms with Gasteiger partial charge in [-0.05, 0) is 93.3 Å². The number of nitrogens with two attached hydrogens (primary N) is 1. The minimum atomic E-state index is -0.505. The normalized spacial score (nSPS) is 22.7. The Morgan fingerprint density at radius 2 is 1.94 bits per heavy atom. The van der Waals surface area contributed by atoms with Crippen molar-refractivity contribution in [2.75, 3.05) is 13.7 Å². The number of ether oxygens (including phenoxy) is 1. The Balaban J connectivity index is 1.19. The van der Waals surface area contributed by atoms with Crippen LogP contribution in [0, 0.1) is 11.7 Å². The molecule has 1 saturated heterocycles. The summed E-state index contributed by atoms with van der Waals surface area (Å²) in [5.74, 6) is 0.863. The van der Waals surface area contributed by atoms with Crippen molar-refractivity contribution in [2.24, 2.45) is 18.7 Å². The molecule has 1 saturated carbocycles. The van der Waals surface area contributed by atoms with Crippen LogP contribution in [0.2, 0.25) is 0 Å². The summed E-state index contributed by atoms with van der Waals surface area (Å²) in [6.45, 7) is 3.14. The van der Waals surface area contributed by atoms with Crippen molar-refractivity contribution in [1.29, 1.82) is 0 Å². The van der Waals surface area contributed by atoms with Gasteiger partial charge in [0, 0.05) is 43.2 Å². The summed E-state index contributed by atoms with van der Waals surface area (Å²) in [5.41, 5.74) is 11.7. The number of aryl methyl sites for hydroxylation is 3. The molecule has 3 aliphatic rings. The zero-order chi connectivity index (χ0) is 34.0. The van der Waals surface area contributed by atoms with E-state index < -0.39 is 17.8 Å². The first kappa shape index (κ1) is 31.5. The van der Waals surface area contributed by atoms with E-state index in [4.69, 9.17) is 20.4 Å². The number of piperidine rings is 1. The van der Waals surface area contributed by atoms with Crippen molar-refractivity contribution in [3.63, 3.8) is 0 Å². The molecule has 2 amide bonds. The minimum Gasteiger partial charge on any atom is -0.494 e. The van der Waals surface area contributed by atoms with Gasteiger partial charge in [0.15, 0.2) is 5.82 Å². The largest absolute Gasteiger partial charge is 0.494 e. The van der Waals surface area contributed by atoms with Gasteiger partial charge in [0.05, 0.1) is 35.6 Å². The van der Waals surface area contributed by atoms with Crippen LogP contribution >= 0.6 is 0 Å². The van der Waals surface area contributed by atoms with Gasteiger partial charge in [0.2, 0.25) is 0 Å². The number of pyridine rings is 1. The lowest BCUT2D eigenvalue weighted by atomic mass is 9.94. The van der Waals surface area contributed by atoms with E-state index in [1.807, 2.05) is 53.8 Å². The summed E-state index contributed by atoms with van der Waals surface area (Å²) < 4.78 is 25.0. The predicted octanol–water partition coefficient (Wildman–Crippen LogP) is 5.91. The number of fused-ring (bicyclic) bond motifs is 5. The van der Waals surface area contributed by atoms with Crippen molar-refractivity contribution in [3.8, 4) is 17.3 Å². The summed E-state index contributed by atoms with van der Waals surface area (Å²) >= 11 is 0. The quantitative estimate of drug-likeness (QED) is 0.248. The fraction of sp³-hybridized carbons (Fsp3) is 0.421. The first-order valence-electron chi connectivity index (χ1n) is 17.4. The number of nitrogens with zero attached hydrogens (tertiary/aromatic N) is 5. The van der Waals surface area contributed by atoms with E-state index >= 15 is 0 Å². The molecular weight excluding hydrogens is 621 g/mol. The summed E-state index contributed by atoms with van der Waals surface area (Å²) in [5, 5.41) is 3.93. The maximum absolute atomic E-state index is 14.9. The fourth-order valence-electron chi connectivity index (χ4n) is 8.35. The number of aromatic nitrogens is 4. The summed E-state index contributed by atoms with van der Waals surface area (Å²) in [4.78, 5) is 39.4. The molecule has 3 N–H and O–H groups in total. The molecule has 0 unspecified atom stereocenters. The first-order chi connectivity index (χ1) is 23.7. The number of nitrogens with one attached hydrogen (secondary N) is 1. The van der Waals surface area contributed by atoms with E-state index in [-0.39, 0.29) is 23.6 Å². The van der Waals surface area contributed by atoms with Gasteiger partial charge in [0.25, 0.3) is 11.8 Å². The molecule has 3 aromatic heterocycles. The van der Waals surface area contributed by atoms with E-state index in [1.165, 1.54) is 6.07 Å². The second-order valence-electron chi connectivity index (χ2n) is 14.0. The van der Waals surface area contributed by atoms with Gasteiger partial charge in [-0.25, -0.2) is 14.4 Å². The van der Waals surface area contributed by atoms with Crippen LogP contribution in [-0.4, -0.2) is 61.6 Å². The molecule has 10 nitrogen and oxygen atoms in total. The van der Waals surface area contributed by atoms with Gasteiger partial charge in [-0.15, -0.1) is 0 Å². The highest BCUT2D eigenvalue weighted by atomic mass is 19.1. The Morgan fingerprint density at radius 3 is 2.78 bits per heavy atom. The Labute approximate surface area is 284 Å². The number of hydrogen-bond donors (Lipinski definition) is 2. The van der Waals surface area contributed by atoms with Crippen LogP contribution in [-0.2, 0) is 20.0 Å². The highest BCUT2D eigenvalue weighted by Crippen LogP contribution is 2.39. The van der Waals surface area contributed by atoms with Gasteiger partial charge >= 0.3 is 0 Å². The fourth-order valence-corrected chi connectivity index (χ4v) is 8.35. The molecule has 11 heteroatoms. The molecule has 0 radical (unpaired) electrons. The van der Waals surface area contributed by atoms with Gasteiger partial charge < -0.3 is 29.8 Å². The molecule has 254 valence electrons. The van der Waals surface area contributed by atoms with Crippen LogP contribution in [0.15, 0.2) is 48.5 Å². The Bertz CT molecular complexity index is 2120. The van der Waals surface area contributed by atoms with Crippen molar-refractivity contribution >= 4 is 33.9 Å². The minimum absolute atomic E-state index is 0.00622. The molecular formula is C38H42FN7O3. The zero-order valence-electron chi connectivity index (χ0n) is 28.2. The molecule has 2 aliphatic heterocycles. The number of methoxy groups -OCH3 is 1. The van der Waals surface area contributed by atoms with Crippen molar-refractivity contribution in [2.45, 2.75) is 76.5 Å². The monoisotopic (exact) mass is 663 g/mol. The third-order valence-electron chi connectivity index (χ3n) is 11.0. The Morgan fingerprint density at radius 1 is 1.08 bits per heavy atom. The molecule has 5 aromatic rings. The lowest BCUT2D eigenvalue weighted by Gasteiger charge is -2.37. The molecule has 0 spiro atoms. The molecule has 8 rings (SSSR count). The van der Waals surface area contributed by atoms with E-state index in [0.717, 1.165) is 72.2 Å². The number of benzene rings is 2. The van der Waals surface area contributed by atoms with Gasteiger partial charge in [0.1, 0.15) is 22.7 Å². The number of imidazole rings is 1. The number of halogens is 1. The molecule has 49 heavy (non-hydrogen) atoms. The molecule has 2 fully saturated rings. The maximum atomic E-state index is 14.9. The topological polar surface area (TPSA) is 120 Å². The van der Waals surface area contributed by atoms with Crippen molar-refractivity contribution in [3.05, 3.63) is 76.7 Å². The van der Waals surface area contributed by atoms with Crippen LogP contribution in [0.4, 0.5) is 4.39 Å². The molecule has 1 aliphatic carbocycles. The van der Waals surface area contributed by atoms with Crippen molar-refractivity contribution in [1.82, 2.24) is 29.3 Å². The number of amides is 2. The van der Waals surface area contributed by atoms with E-state index in [0.29, 0.717) is 48.0 Å². The predicted molar refractivity (Wildman–Crippen MR) is 186 cm³/mol. The number of carbonyl (C=O) groups excluding carboxylic acids is 2. The average molecular weight is 664 g/mol. The lowest BCUT2D eigenvalue weighted by molar-refractivity contribution is 0.0603. The molecule has 4 atom stereocenters. The summed E-state index contributed by atoms with van der Waals surface area (Å²) in [6.07, 6.45) is 6.22. The zero-order valence-corrected chi connectivity index (χ0v) is 28.2. The first-order valence-corrected chi connectivity index (χ1v) is 17.4. The standard InChI is InChI=1S/C38H42FN7O3/c1-21-29-14-12-24-18-31(45(35(24)42-29)15-6-4-5-8-22-9-7-10-27(39)33(22)37(47)41-21)36-43-30-17-25(19-32(49-3)34(30)44(36)2)38(48)46-20-28(40)23-11-13-26(46)16-23/h7,9-10,12,14,17-19,21,23,26,28H,4-6,8,11,13,15-16,20,40H2,1-3H3,(H,41,47)/t21-,23-,26+,28+/m1/s1. The Hall–Kier alpha value is -4.77. The van der Waals surface area contributed by atoms with Crippen LogP contribution in [0.1, 0.15) is 83.5 Å². The van der Waals surface area contributed by atoms with Gasteiger partial charge in [-0.1, -0.05) is 18.6 Å². The molecule has 4 bridgehead atoms. The molecule has 2 aromatic carbocycles. The summed E-state index contributed by atoms with van der Waals surface area (Å²) in [6, 6.07) is 14.4. The summed E-state index contributed by atoms with van der Waals surface area (Å²) in [7, 11) is 3.59. The van der Waals surface area contributed by atoms with Gasteiger partial charge in [-0.3, -0.25) is 9.59 Å². The second kappa shape index (κ2) is 12.3. The average Bonchev–Trinajstić information content (AvgIpc) is 3.78. The van der Waals surface area contributed by atoms with E-state index in [2.05, 4.69) is 16.0 Å². The van der Waals surface area contributed by atoms with Crippen LogP contribution < -0.4 is 15.8 Å². The SMILES string of the molecule is COc1cc(C(=O)N2C[C@H](N)[C@@H]3CC[C@H]2C3)cc2nc(-c3cc4ccc5nc4n3CCCCCc3cccc(F)c3C(=O)N[C@@H]5C)n(C)c12. The van der Waals surface area contributed by atoms with Crippen LogP contribution in [0.3, 0.4) is 0 Å². The highest BCUT2D eigenvalue weighted by Gasteiger charge is 2.41. The van der Waals surface area contributed by atoms with Crippen LogP contribution in [0.5, 0.6) is 5.75 Å².